The van der Waals surface area contributed by atoms with E-state index in [2.05, 4.69) is 10.3 Å². The normalized spacial score (nSPS) is 10.8. The van der Waals surface area contributed by atoms with Crippen LogP contribution in [-0.2, 0) is 6.54 Å². The van der Waals surface area contributed by atoms with Gasteiger partial charge in [0.15, 0.2) is 5.01 Å². The Morgan fingerprint density at radius 1 is 1.26 bits per heavy atom. The van der Waals surface area contributed by atoms with Gasteiger partial charge in [0.1, 0.15) is 4.01 Å². The Bertz CT molecular complexity index is 684. The summed E-state index contributed by atoms with van der Waals surface area (Å²) in [5, 5.41) is 3.43. The second-order valence-electron chi connectivity index (χ2n) is 4.22. The number of nitrogens with zero attached hydrogens (tertiary/aromatic N) is 1. The molecule has 0 aliphatic heterocycles. The Morgan fingerprint density at radius 2 is 2.05 bits per heavy atom. The van der Waals surface area contributed by atoms with Crippen LogP contribution in [0.25, 0.3) is 9.53 Å². The van der Waals surface area contributed by atoms with Crippen molar-refractivity contribution in [1.82, 2.24) is 10.3 Å². The molecule has 1 amide bonds. The highest BCUT2D eigenvalue weighted by molar-refractivity contribution is 7.38. The molecule has 0 atom stereocenters. The van der Waals surface area contributed by atoms with Crippen LogP contribution in [0.15, 0.2) is 36.4 Å². The largest absolute Gasteiger partial charge is 0.346 e. The third-order valence-electron chi connectivity index (χ3n) is 2.70. The molecule has 0 radical (unpaired) electrons. The van der Waals surface area contributed by atoms with Crippen LogP contribution >= 0.6 is 22.7 Å². The number of aromatic nitrogens is 1. The minimum atomic E-state index is -0.102. The lowest BCUT2D eigenvalue weighted by molar-refractivity contribution is 0.0951. The summed E-state index contributed by atoms with van der Waals surface area (Å²) in [6.45, 7) is 2.58. The van der Waals surface area contributed by atoms with Crippen LogP contribution in [0.1, 0.15) is 20.2 Å². The third kappa shape index (κ3) is 2.67. The number of thiophene rings is 1. The van der Waals surface area contributed by atoms with E-state index >= 15 is 0 Å². The Kier molecular flexibility index (Phi) is 3.31. The van der Waals surface area contributed by atoms with Gasteiger partial charge in [-0.15, -0.1) is 11.3 Å². The Balaban J connectivity index is 1.71. The topological polar surface area (TPSA) is 42.0 Å². The van der Waals surface area contributed by atoms with Gasteiger partial charge in [-0.3, -0.25) is 4.79 Å². The number of fused-ring (bicyclic) bond motifs is 1. The fraction of sp³-hybridized carbons (Fsp3) is 0.143. The number of aryl methyl sites for hydroxylation is 1. The zero-order valence-corrected chi connectivity index (χ0v) is 12.0. The highest BCUT2D eigenvalue weighted by Crippen LogP contribution is 2.30. The molecule has 0 bridgehead atoms. The number of nitrogens with one attached hydrogen (secondary N) is 1. The number of carbonyl (C=O) groups is 1. The fourth-order valence-electron chi connectivity index (χ4n) is 1.80. The number of hydrogen-bond acceptors (Lipinski definition) is 4. The van der Waals surface area contributed by atoms with Crippen molar-refractivity contribution in [2.45, 2.75) is 13.5 Å². The molecule has 2 heterocycles. The van der Waals surface area contributed by atoms with Crippen molar-refractivity contribution < 1.29 is 4.79 Å². The average molecular weight is 288 g/mol. The van der Waals surface area contributed by atoms with Gasteiger partial charge in [0.2, 0.25) is 0 Å². The van der Waals surface area contributed by atoms with Gasteiger partial charge in [-0.1, -0.05) is 41.7 Å². The van der Waals surface area contributed by atoms with Crippen LogP contribution in [0.2, 0.25) is 0 Å². The lowest BCUT2D eigenvalue weighted by Crippen LogP contribution is -2.22. The maximum absolute atomic E-state index is 12.0. The molecule has 3 nitrogen and oxygen atoms in total. The SMILES string of the molecule is Cc1cc2nc(C(=O)NCc3ccccc3)sc2s1. The highest BCUT2D eigenvalue weighted by Gasteiger charge is 2.13. The Labute approximate surface area is 118 Å². The van der Waals surface area contributed by atoms with Crippen LogP contribution in [0.4, 0.5) is 0 Å². The van der Waals surface area contributed by atoms with Gasteiger partial charge in [0, 0.05) is 11.4 Å². The first kappa shape index (κ1) is 12.3. The maximum atomic E-state index is 12.0. The molecule has 0 aliphatic rings. The number of amides is 1. The molecule has 2 aromatic heterocycles. The third-order valence-corrected chi connectivity index (χ3v) is 4.90. The molecule has 0 saturated carbocycles. The van der Waals surface area contributed by atoms with Crippen molar-refractivity contribution in [2.75, 3.05) is 0 Å². The molecule has 96 valence electrons. The molecule has 0 fully saturated rings. The minimum absolute atomic E-state index is 0.102. The van der Waals surface area contributed by atoms with Crippen molar-refractivity contribution in [2.24, 2.45) is 0 Å². The van der Waals surface area contributed by atoms with Gasteiger partial charge >= 0.3 is 0 Å². The van der Waals surface area contributed by atoms with Crippen molar-refractivity contribution in [1.29, 1.82) is 0 Å². The first-order chi connectivity index (χ1) is 9.22. The molecule has 0 spiro atoms. The molecule has 3 aromatic rings. The summed E-state index contributed by atoms with van der Waals surface area (Å²) >= 11 is 3.14. The predicted octanol–water partition coefficient (Wildman–Crippen LogP) is 3.60. The van der Waals surface area contributed by atoms with Crippen molar-refractivity contribution in [3.8, 4) is 0 Å². The Hall–Kier alpha value is -1.72. The molecule has 0 unspecified atom stereocenters. The van der Waals surface area contributed by atoms with E-state index < -0.39 is 0 Å². The number of rotatable bonds is 3. The smallest absolute Gasteiger partial charge is 0.280 e. The molecule has 19 heavy (non-hydrogen) atoms. The molecule has 1 N–H and O–H groups in total. The molecular formula is C14H12N2OS2. The molecule has 3 rings (SSSR count). The van der Waals surface area contributed by atoms with Gasteiger partial charge in [-0.2, -0.15) is 0 Å². The molecule has 0 saturated heterocycles. The van der Waals surface area contributed by atoms with E-state index in [1.807, 2.05) is 43.3 Å². The van der Waals surface area contributed by atoms with Crippen LogP contribution < -0.4 is 5.32 Å². The number of benzene rings is 1. The quantitative estimate of drug-likeness (QED) is 0.800. The van der Waals surface area contributed by atoms with Crippen LogP contribution in [0.5, 0.6) is 0 Å². The standard InChI is InChI=1S/C14H12N2OS2/c1-9-7-11-14(18-9)19-13(16-11)12(17)15-8-10-5-3-2-4-6-10/h2-7H,8H2,1H3,(H,15,17). The van der Waals surface area contributed by atoms with E-state index in [0.29, 0.717) is 11.6 Å². The predicted molar refractivity (Wildman–Crippen MR) is 79.8 cm³/mol. The van der Waals surface area contributed by atoms with E-state index in [4.69, 9.17) is 0 Å². The first-order valence-corrected chi connectivity index (χ1v) is 7.55. The number of thiazole rings is 1. The van der Waals surface area contributed by atoms with Gasteiger partial charge in [-0.05, 0) is 18.6 Å². The Morgan fingerprint density at radius 3 is 2.79 bits per heavy atom. The fourth-order valence-corrected chi connectivity index (χ4v) is 3.96. The highest BCUT2D eigenvalue weighted by atomic mass is 32.2. The van der Waals surface area contributed by atoms with Crippen LogP contribution in [0.3, 0.4) is 0 Å². The molecule has 5 heteroatoms. The molecule has 1 aromatic carbocycles. The van der Waals surface area contributed by atoms with E-state index in [-0.39, 0.29) is 5.91 Å². The van der Waals surface area contributed by atoms with Gasteiger partial charge in [-0.25, -0.2) is 4.98 Å². The lowest BCUT2D eigenvalue weighted by atomic mass is 10.2. The summed E-state index contributed by atoms with van der Waals surface area (Å²) in [6.07, 6.45) is 0. The van der Waals surface area contributed by atoms with Crippen molar-refractivity contribution in [3.05, 3.63) is 51.8 Å². The number of hydrogen-bond donors (Lipinski definition) is 1. The van der Waals surface area contributed by atoms with Gasteiger partial charge in [0.05, 0.1) is 5.52 Å². The van der Waals surface area contributed by atoms with Crippen molar-refractivity contribution in [3.63, 3.8) is 0 Å². The zero-order chi connectivity index (χ0) is 13.2. The summed E-state index contributed by atoms with van der Waals surface area (Å²) in [5.74, 6) is -0.102. The van der Waals surface area contributed by atoms with Gasteiger partial charge in [0.25, 0.3) is 5.91 Å². The average Bonchev–Trinajstić information content (AvgIpc) is 2.94. The minimum Gasteiger partial charge on any atom is -0.346 e. The zero-order valence-electron chi connectivity index (χ0n) is 10.3. The summed E-state index contributed by atoms with van der Waals surface area (Å²) in [6, 6.07) is 11.9. The van der Waals surface area contributed by atoms with Gasteiger partial charge < -0.3 is 5.32 Å². The van der Waals surface area contributed by atoms with E-state index in [1.54, 1.807) is 11.3 Å². The van der Waals surface area contributed by atoms with E-state index in [9.17, 15) is 4.79 Å². The maximum Gasteiger partial charge on any atom is 0.280 e. The number of carbonyl (C=O) groups excluding carboxylic acids is 1. The van der Waals surface area contributed by atoms with Crippen LogP contribution in [0, 0.1) is 6.92 Å². The van der Waals surface area contributed by atoms with Crippen molar-refractivity contribution >= 4 is 38.1 Å². The summed E-state index contributed by atoms with van der Waals surface area (Å²) in [7, 11) is 0. The van der Waals surface area contributed by atoms with E-state index in [1.165, 1.54) is 16.2 Å². The summed E-state index contributed by atoms with van der Waals surface area (Å²) in [4.78, 5) is 17.6. The molecule has 0 aliphatic carbocycles. The summed E-state index contributed by atoms with van der Waals surface area (Å²) < 4.78 is 1.11. The molecular weight excluding hydrogens is 276 g/mol. The second-order valence-corrected chi connectivity index (χ2v) is 6.73. The lowest BCUT2D eigenvalue weighted by Gasteiger charge is -2.02. The second kappa shape index (κ2) is 5.11. The van der Waals surface area contributed by atoms with E-state index in [0.717, 1.165) is 15.1 Å². The van der Waals surface area contributed by atoms with Crippen LogP contribution in [-0.4, -0.2) is 10.9 Å². The summed E-state index contributed by atoms with van der Waals surface area (Å²) in [5.41, 5.74) is 2.02. The first-order valence-electron chi connectivity index (χ1n) is 5.91. The monoisotopic (exact) mass is 288 g/mol.